The normalized spacial score (nSPS) is 15.4. The van der Waals surface area contributed by atoms with Crippen LogP contribution in [0, 0.1) is 0 Å². The summed E-state index contributed by atoms with van der Waals surface area (Å²) < 4.78 is 39.3. The first-order valence-corrected chi connectivity index (χ1v) is 14.9. The third-order valence-electron chi connectivity index (χ3n) is 6.71. The Morgan fingerprint density at radius 2 is 1.82 bits per heavy atom. The second-order valence-corrected chi connectivity index (χ2v) is 12.4. The number of thiophene rings is 1. The lowest BCUT2D eigenvalue weighted by atomic mass is 10.0. The minimum atomic E-state index is -3.93. The van der Waals surface area contributed by atoms with Crippen LogP contribution in [0.15, 0.2) is 77.5 Å². The van der Waals surface area contributed by atoms with E-state index in [1.165, 1.54) is 35.8 Å². The molecule has 4 rings (SSSR count). The fourth-order valence-electron chi connectivity index (χ4n) is 4.53. The molecule has 1 unspecified atom stereocenters. The number of methoxy groups -OCH3 is 1. The Balaban J connectivity index is 1.53. The number of hydrogen-bond acceptors (Lipinski definition) is 6. The van der Waals surface area contributed by atoms with Crippen molar-refractivity contribution in [3.8, 4) is 11.5 Å². The predicted octanol–water partition coefficient (Wildman–Crippen LogP) is 5.26. The molecular weight excluding hydrogens is 520 g/mol. The zero-order valence-electron chi connectivity index (χ0n) is 22.0. The molecule has 2 aromatic carbocycles. The van der Waals surface area contributed by atoms with Gasteiger partial charge in [-0.3, -0.25) is 4.79 Å². The first-order chi connectivity index (χ1) is 18.2. The van der Waals surface area contributed by atoms with E-state index in [1.807, 2.05) is 23.6 Å². The lowest BCUT2D eigenvalue weighted by molar-refractivity contribution is -0.135. The Bertz CT molecular complexity index is 1350. The number of benzene rings is 2. The molecule has 1 aromatic heterocycles. The molecule has 0 N–H and O–H groups in total. The van der Waals surface area contributed by atoms with Gasteiger partial charge in [-0.25, -0.2) is 8.42 Å². The van der Waals surface area contributed by atoms with Crippen molar-refractivity contribution in [2.75, 3.05) is 33.4 Å². The average Bonchev–Trinajstić information content (AvgIpc) is 3.41. The van der Waals surface area contributed by atoms with Crippen LogP contribution in [0.25, 0.3) is 0 Å². The van der Waals surface area contributed by atoms with Crippen molar-refractivity contribution in [2.45, 2.75) is 37.1 Å². The van der Waals surface area contributed by atoms with Gasteiger partial charge in [0.2, 0.25) is 15.9 Å². The summed E-state index contributed by atoms with van der Waals surface area (Å²) in [6.07, 6.45) is 2.22. The van der Waals surface area contributed by atoms with Gasteiger partial charge in [0.25, 0.3) is 0 Å². The van der Waals surface area contributed by atoms with Crippen LogP contribution in [0.2, 0.25) is 0 Å². The predicted molar refractivity (Wildman–Crippen MR) is 150 cm³/mol. The Kier molecular flexibility index (Phi) is 8.91. The topological polar surface area (TPSA) is 76.2 Å². The monoisotopic (exact) mass is 554 g/mol. The molecule has 1 amide bonds. The number of carbonyl (C=O) groups is 1. The summed E-state index contributed by atoms with van der Waals surface area (Å²) in [5, 5.41) is 2.03. The summed E-state index contributed by atoms with van der Waals surface area (Å²) in [5.74, 6) is 1.44. The van der Waals surface area contributed by atoms with Gasteiger partial charge < -0.3 is 14.4 Å². The highest BCUT2D eigenvalue weighted by Gasteiger charge is 2.35. The van der Waals surface area contributed by atoms with Crippen LogP contribution in [0.4, 0.5) is 0 Å². The van der Waals surface area contributed by atoms with Crippen LogP contribution < -0.4 is 9.47 Å². The highest BCUT2D eigenvalue weighted by atomic mass is 32.2. The maximum atomic E-state index is 13.6. The number of sulfonamides is 1. The number of rotatable bonds is 11. The summed E-state index contributed by atoms with van der Waals surface area (Å²) in [4.78, 5) is 16.7. The van der Waals surface area contributed by atoms with Gasteiger partial charge in [0.1, 0.15) is 18.1 Å². The lowest BCUT2D eigenvalue weighted by Crippen LogP contribution is -2.47. The van der Waals surface area contributed by atoms with Crippen molar-refractivity contribution in [1.82, 2.24) is 9.21 Å². The van der Waals surface area contributed by atoms with E-state index in [0.29, 0.717) is 18.2 Å². The van der Waals surface area contributed by atoms with Gasteiger partial charge in [-0.2, -0.15) is 4.31 Å². The summed E-state index contributed by atoms with van der Waals surface area (Å²) in [6.45, 7) is 8.49. The molecule has 0 fully saturated rings. The Labute approximate surface area is 229 Å². The maximum absolute atomic E-state index is 13.6. The van der Waals surface area contributed by atoms with Gasteiger partial charge in [-0.15, -0.1) is 17.9 Å². The molecule has 2 heterocycles. The molecule has 0 aliphatic carbocycles. The fraction of sp³-hybridized carbons (Fsp3) is 0.345. The first-order valence-electron chi connectivity index (χ1n) is 12.6. The van der Waals surface area contributed by atoms with E-state index < -0.39 is 10.0 Å². The molecule has 3 aromatic rings. The quantitative estimate of drug-likeness (QED) is 0.302. The minimum absolute atomic E-state index is 0.0149. The fourth-order valence-corrected chi connectivity index (χ4v) is 6.82. The molecule has 7 nitrogen and oxygen atoms in total. The second-order valence-electron chi connectivity index (χ2n) is 9.45. The number of hydrogen-bond donors (Lipinski definition) is 0. The number of ether oxygens (including phenoxy) is 2. The number of nitrogens with zero attached hydrogens (tertiary/aromatic N) is 2. The third kappa shape index (κ3) is 6.11. The van der Waals surface area contributed by atoms with Crippen LogP contribution in [0.1, 0.15) is 41.8 Å². The van der Waals surface area contributed by atoms with Crippen molar-refractivity contribution in [3.63, 3.8) is 0 Å². The summed E-state index contributed by atoms with van der Waals surface area (Å²) in [5.41, 5.74) is 2.29. The second kappa shape index (κ2) is 12.1. The van der Waals surface area contributed by atoms with Crippen molar-refractivity contribution < 1.29 is 22.7 Å². The number of amides is 1. The first kappa shape index (κ1) is 27.9. The van der Waals surface area contributed by atoms with E-state index in [2.05, 4.69) is 32.6 Å². The third-order valence-corrected chi connectivity index (χ3v) is 9.53. The number of fused-ring (bicyclic) bond motifs is 1. The Morgan fingerprint density at radius 3 is 2.45 bits per heavy atom. The molecule has 1 aliphatic heterocycles. The Morgan fingerprint density at radius 1 is 1.13 bits per heavy atom. The molecule has 1 atom stereocenters. The van der Waals surface area contributed by atoms with E-state index >= 15 is 0 Å². The van der Waals surface area contributed by atoms with Gasteiger partial charge in [-0.05, 0) is 71.3 Å². The van der Waals surface area contributed by atoms with Crippen molar-refractivity contribution in [2.24, 2.45) is 0 Å². The molecule has 0 saturated heterocycles. The molecule has 9 heteroatoms. The SMILES string of the molecule is C=CCN(CC(=O)N1CCc2sccc2C1COc1ccc(C(C)C)cc1)S(=O)(=O)c1ccc(OC)cc1. The standard InChI is InChI=1S/C29H34N2O5S2/c1-5-16-30(38(33,34)25-12-10-23(35-4)11-13-25)19-29(32)31-17-14-28-26(15-18-37-28)27(31)20-36-24-8-6-22(7-9-24)21(2)3/h5-13,15,18,21,27H,1,14,16-17,19-20H2,2-4H3. The van der Waals surface area contributed by atoms with E-state index in [4.69, 9.17) is 9.47 Å². The molecule has 0 saturated carbocycles. The molecule has 0 radical (unpaired) electrons. The summed E-state index contributed by atoms with van der Waals surface area (Å²) in [7, 11) is -2.41. The summed E-state index contributed by atoms with van der Waals surface area (Å²) >= 11 is 1.67. The lowest BCUT2D eigenvalue weighted by Gasteiger charge is -2.36. The van der Waals surface area contributed by atoms with Crippen LogP contribution in [0.5, 0.6) is 11.5 Å². The largest absolute Gasteiger partial charge is 0.497 e. The molecule has 38 heavy (non-hydrogen) atoms. The summed E-state index contributed by atoms with van der Waals surface area (Å²) in [6, 6.07) is 15.9. The highest BCUT2D eigenvalue weighted by Crippen LogP contribution is 2.34. The molecular formula is C29H34N2O5S2. The van der Waals surface area contributed by atoms with E-state index in [-0.39, 0.29) is 36.5 Å². The molecule has 0 spiro atoms. The van der Waals surface area contributed by atoms with E-state index in [0.717, 1.165) is 22.0 Å². The van der Waals surface area contributed by atoms with Crippen LogP contribution >= 0.6 is 11.3 Å². The van der Waals surface area contributed by atoms with Gasteiger partial charge >= 0.3 is 0 Å². The van der Waals surface area contributed by atoms with Crippen molar-refractivity contribution in [1.29, 1.82) is 0 Å². The highest BCUT2D eigenvalue weighted by molar-refractivity contribution is 7.89. The van der Waals surface area contributed by atoms with Crippen LogP contribution in [-0.2, 0) is 21.2 Å². The van der Waals surface area contributed by atoms with E-state index in [9.17, 15) is 13.2 Å². The Hall–Kier alpha value is -3.14. The van der Waals surface area contributed by atoms with Crippen LogP contribution in [0.3, 0.4) is 0 Å². The van der Waals surface area contributed by atoms with Gasteiger partial charge in [-0.1, -0.05) is 32.1 Å². The van der Waals surface area contributed by atoms with Gasteiger partial charge in [0, 0.05) is 18.0 Å². The van der Waals surface area contributed by atoms with Crippen molar-refractivity contribution >= 4 is 27.3 Å². The average molecular weight is 555 g/mol. The zero-order chi connectivity index (χ0) is 27.3. The van der Waals surface area contributed by atoms with Gasteiger partial charge in [0.05, 0.1) is 24.6 Å². The molecule has 202 valence electrons. The van der Waals surface area contributed by atoms with E-state index in [1.54, 1.807) is 28.4 Å². The van der Waals surface area contributed by atoms with Crippen molar-refractivity contribution in [3.05, 3.63) is 88.6 Å². The molecule has 1 aliphatic rings. The zero-order valence-corrected chi connectivity index (χ0v) is 23.6. The maximum Gasteiger partial charge on any atom is 0.243 e. The minimum Gasteiger partial charge on any atom is -0.497 e. The number of carbonyl (C=O) groups excluding carboxylic acids is 1. The molecule has 0 bridgehead atoms. The van der Waals surface area contributed by atoms with Crippen LogP contribution in [-0.4, -0.2) is 56.9 Å². The van der Waals surface area contributed by atoms with Gasteiger partial charge in [0.15, 0.2) is 0 Å². The smallest absolute Gasteiger partial charge is 0.243 e.